The van der Waals surface area contributed by atoms with Gasteiger partial charge in [0.05, 0.1) is 10.4 Å². The second kappa shape index (κ2) is 11.1. The Morgan fingerprint density at radius 3 is 2.31 bits per heavy atom. The van der Waals surface area contributed by atoms with E-state index in [1.54, 1.807) is 41.8 Å². The summed E-state index contributed by atoms with van der Waals surface area (Å²) < 4.78 is 33.6. The molecule has 0 atom stereocenters. The highest BCUT2D eigenvalue weighted by Gasteiger charge is 2.20. The van der Waals surface area contributed by atoms with Gasteiger partial charge in [-0.1, -0.05) is 36.4 Å². The van der Waals surface area contributed by atoms with E-state index in [1.165, 1.54) is 35.6 Å². The third kappa shape index (κ3) is 6.45. The van der Waals surface area contributed by atoms with Gasteiger partial charge in [0, 0.05) is 12.1 Å². The number of thiophene rings is 1. The highest BCUT2D eigenvalue weighted by Crippen LogP contribution is 2.19. The fourth-order valence-corrected chi connectivity index (χ4v) is 3.52. The van der Waals surface area contributed by atoms with Crippen LogP contribution in [0.15, 0.2) is 66.0 Å². The third-order valence-electron chi connectivity index (χ3n) is 4.36. The molecule has 0 aliphatic rings. The average molecular weight is 459 g/mol. The number of alkyl halides is 2. The molecule has 166 valence electrons. The first kappa shape index (κ1) is 23.1. The summed E-state index contributed by atoms with van der Waals surface area (Å²) in [7, 11) is 0. The van der Waals surface area contributed by atoms with Crippen LogP contribution in [0.1, 0.15) is 31.2 Å². The first-order valence-corrected chi connectivity index (χ1v) is 10.5. The van der Waals surface area contributed by atoms with Crippen LogP contribution >= 0.6 is 11.3 Å². The molecule has 0 fully saturated rings. The van der Waals surface area contributed by atoms with E-state index in [-0.39, 0.29) is 29.2 Å². The number of hydrogen-bond acceptors (Lipinski definition) is 6. The molecule has 0 radical (unpaired) electrons. The topological polar surface area (TPSA) is 81.7 Å². The third-order valence-corrected chi connectivity index (χ3v) is 5.22. The lowest BCUT2D eigenvalue weighted by molar-refractivity contribution is -0.124. The predicted molar refractivity (Wildman–Crippen MR) is 114 cm³/mol. The Morgan fingerprint density at radius 1 is 0.938 bits per heavy atom. The van der Waals surface area contributed by atoms with Crippen LogP contribution in [0, 0.1) is 0 Å². The summed E-state index contributed by atoms with van der Waals surface area (Å²) in [6, 6.07) is 15.8. The number of carbonyl (C=O) groups is 3. The molecule has 0 unspecified atom stereocenters. The zero-order valence-corrected chi connectivity index (χ0v) is 17.6. The molecule has 6 nitrogen and oxygen atoms in total. The van der Waals surface area contributed by atoms with Crippen LogP contribution in [0.5, 0.6) is 5.75 Å². The van der Waals surface area contributed by atoms with Crippen LogP contribution in [-0.4, -0.2) is 37.4 Å². The number of amides is 1. The Kier molecular flexibility index (Phi) is 8.04. The van der Waals surface area contributed by atoms with E-state index in [9.17, 15) is 23.2 Å². The number of esters is 1. The zero-order valence-electron chi connectivity index (χ0n) is 16.8. The fraction of sp³-hybridized carbons (Fsp3) is 0.174. The van der Waals surface area contributed by atoms with Gasteiger partial charge in [0.15, 0.2) is 6.61 Å². The molecule has 0 spiro atoms. The lowest BCUT2D eigenvalue weighted by atomic mass is 10.0. The normalized spacial score (nSPS) is 10.6. The largest absolute Gasteiger partial charge is 0.452 e. The van der Waals surface area contributed by atoms with Crippen molar-refractivity contribution < 1.29 is 32.6 Å². The summed E-state index contributed by atoms with van der Waals surface area (Å²) in [4.78, 5) is 37.5. The zero-order chi connectivity index (χ0) is 22.9. The Balaban J connectivity index is 1.47. The van der Waals surface area contributed by atoms with E-state index in [4.69, 9.17) is 4.74 Å². The van der Waals surface area contributed by atoms with Crippen LogP contribution in [0.25, 0.3) is 0 Å². The molecule has 1 heterocycles. The molecule has 0 aliphatic carbocycles. The van der Waals surface area contributed by atoms with E-state index >= 15 is 0 Å². The Morgan fingerprint density at radius 2 is 1.66 bits per heavy atom. The van der Waals surface area contributed by atoms with E-state index in [0.717, 1.165) is 5.56 Å². The van der Waals surface area contributed by atoms with E-state index in [1.807, 2.05) is 0 Å². The van der Waals surface area contributed by atoms with Gasteiger partial charge in [0.25, 0.3) is 5.91 Å². The molecule has 0 aliphatic heterocycles. The number of ketones is 1. The first-order valence-electron chi connectivity index (χ1n) is 9.59. The summed E-state index contributed by atoms with van der Waals surface area (Å²) >= 11 is 1.27. The molecule has 1 aromatic heterocycles. The number of nitrogens with one attached hydrogen (secondary N) is 1. The number of halogens is 2. The Hall–Kier alpha value is -3.59. The van der Waals surface area contributed by atoms with Crippen LogP contribution < -0.4 is 10.1 Å². The number of ether oxygens (including phenoxy) is 2. The van der Waals surface area contributed by atoms with Crippen molar-refractivity contribution in [1.29, 1.82) is 0 Å². The minimum Gasteiger partial charge on any atom is -0.452 e. The highest BCUT2D eigenvalue weighted by atomic mass is 32.1. The molecular weight excluding hydrogens is 440 g/mol. The van der Waals surface area contributed by atoms with Gasteiger partial charge in [-0.15, -0.1) is 11.3 Å². The summed E-state index contributed by atoms with van der Waals surface area (Å²) in [5.41, 5.74) is 1.11. The maximum Gasteiger partial charge on any atom is 0.387 e. The lowest BCUT2D eigenvalue weighted by Crippen LogP contribution is -2.30. The Labute approximate surface area is 186 Å². The quantitative estimate of drug-likeness (QED) is 0.365. The molecule has 1 N–H and O–H groups in total. The minimum atomic E-state index is -2.89. The van der Waals surface area contributed by atoms with Crippen molar-refractivity contribution in [1.82, 2.24) is 5.32 Å². The van der Waals surface area contributed by atoms with Crippen molar-refractivity contribution in [3.05, 3.63) is 87.6 Å². The van der Waals surface area contributed by atoms with Gasteiger partial charge in [0.2, 0.25) is 5.78 Å². The maximum absolute atomic E-state index is 12.6. The van der Waals surface area contributed by atoms with Crippen LogP contribution in [-0.2, 0) is 16.0 Å². The van der Waals surface area contributed by atoms with E-state index in [0.29, 0.717) is 11.3 Å². The van der Waals surface area contributed by atoms with Crippen LogP contribution in [0.2, 0.25) is 0 Å². The first-order chi connectivity index (χ1) is 15.4. The van der Waals surface area contributed by atoms with Gasteiger partial charge in [-0.2, -0.15) is 8.78 Å². The monoisotopic (exact) mass is 459 g/mol. The van der Waals surface area contributed by atoms with Gasteiger partial charge in [-0.3, -0.25) is 9.59 Å². The average Bonchev–Trinajstić information content (AvgIpc) is 3.33. The molecule has 3 aromatic rings. The fourth-order valence-electron chi connectivity index (χ4n) is 2.84. The summed E-state index contributed by atoms with van der Waals surface area (Å²) in [5.74, 6) is -1.51. The predicted octanol–water partition coefficient (Wildman–Crippen LogP) is 4.10. The molecule has 1 amide bonds. The number of rotatable bonds is 10. The van der Waals surface area contributed by atoms with E-state index < -0.39 is 25.1 Å². The van der Waals surface area contributed by atoms with Gasteiger partial charge in [0.1, 0.15) is 5.75 Å². The van der Waals surface area contributed by atoms with E-state index in [2.05, 4.69) is 10.1 Å². The summed E-state index contributed by atoms with van der Waals surface area (Å²) in [6.45, 7) is -3.12. The SMILES string of the molecule is O=C(COC(=O)c1ccccc1C(=O)c1cccs1)NCCc1ccc(OC(F)F)cc1. The second-order valence-corrected chi connectivity index (χ2v) is 7.50. The second-order valence-electron chi connectivity index (χ2n) is 6.55. The Bertz CT molecular complexity index is 1070. The van der Waals surface area contributed by atoms with Gasteiger partial charge in [-0.25, -0.2) is 4.79 Å². The molecule has 0 saturated heterocycles. The van der Waals surface area contributed by atoms with Gasteiger partial charge >= 0.3 is 12.6 Å². The van der Waals surface area contributed by atoms with Crippen LogP contribution in [0.4, 0.5) is 8.78 Å². The van der Waals surface area contributed by atoms with Crippen molar-refractivity contribution in [2.24, 2.45) is 0 Å². The number of hydrogen-bond donors (Lipinski definition) is 1. The molecule has 2 aromatic carbocycles. The molecule has 3 rings (SSSR count). The molecule has 32 heavy (non-hydrogen) atoms. The summed E-state index contributed by atoms with van der Waals surface area (Å²) in [6.07, 6.45) is 0.451. The van der Waals surface area contributed by atoms with Crippen molar-refractivity contribution >= 4 is 29.0 Å². The smallest absolute Gasteiger partial charge is 0.387 e. The van der Waals surface area contributed by atoms with Crippen molar-refractivity contribution in [3.63, 3.8) is 0 Å². The lowest BCUT2D eigenvalue weighted by Gasteiger charge is -2.09. The maximum atomic E-state index is 12.6. The van der Waals surface area contributed by atoms with Crippen molar-refractivity contribution in [2.45, 2.75) is 13.0 Å². The highest BCUT2D eigenvalue weighted by molar-refractivity contribution is 7.12. The molecular formula is C23H19F2NO5S. The number of carbonyl (C=O) groups excluding carboxylic acids is 3. The molecule has 9 heteroatoms. The molecule has 0 saturated carbocycles. The van der Waals surface area contributed by atoms with Crippen LogP contribution in [0.3, 0.4) is 0 Å². The number of benzene rings is 2. The standard InChI is InChI=1S/C23H19F2NO5S/c24-23(25)31-16-9-7-15(8-10-16)11-12-26-20(27)14-30-22(29)18-5-2-1-4-17(18)21(28)19-6-3-13-32-19/h1-10,13,23H,11-12,14H2,(H,26,27). The molecule has 0 bridgehead atoms. The minimum absolute atomic E-state index is 0.0533. The van der Waals surface area contributed by atoms with Crippen molar-refractivity contribution in [3.8, 4) is 5.75 Å². The summed E-state index contributed by atoms with van der Waals surface area (Å²) in [5, 5.41) is 4.38. The van der Waals surface area contributed by atoms with Gasteiger partial charge < -0.3 is 14.8 Å². The van der Waals surface area contributed by atoms with Gasteiger partial charge in [-0.05, 0) is 41.6 Å². The van der Waals surface area contributed by atoms with Crippen molar-refractivity contribution in [2.75, 3.05) is 13.2 Å².